The van der Waals surface area contributed by atoms with Crippen LogP contribution in [0.2, 0.25) is 0 Å². The Morgan fingerprint density at radius 3 is 2.28 bits per heavy atom. The number of thioether (sulfide) groups is 1. The molecule has 2 saturated heterocycles. The van der Waals surface area contributed by atoms with Crippen molar-refractivity contribution in [2.24, 2.45) is 0 Å². The molecule has 3 aromatic rings. The van der Waals surface area contributed by atoms with Gasteiger partial charge in [-0.1, -0.05) is 71.5 Å². The number of amides is 1. The van der Waals surface area contributed by atoms with Gasteiger partial charge in [0.05, 0.1) is 16.3 Å². The minimum Gasteiger partial charge on any atom is -0.420 e. The van der Waals surface area contributed by atoms with Crippen molar-refractivity contribution in [2.45, 2.75) is 43.2 Å². The highest BCUT2D eigenvalue weighted by Gasteiger charge is 2.35. The molecule has 0 bridgehead atoms. The lowest BCUT2D eigenvalue weighted by atomic mass is 10.1. The lowest BCUT2D eigenvalue weighted by Crippen LogP contribution is -2.27. The maximum Gasteiger partial charge on any atom is 0.266 e. The number of aryl methyl sites for hydroxylation is 2. The smallest absolute Gasteiger partial charge is 0.266 e. The fourth-order valence-corrected chi connectivity index (χ4v) is 6.67. The molecule has 0 saturated carbocycles. The number of hydrogen-bond donors (Lipinski definition) is 0. The zero-order chi connectivity index (χ0) is 25.4. The zero-order valence-electron chi connectivity index (χ0n) is 19.9. The van der Waals surface area contributed by atoms with Crippen molar-refractivity contribution < 1.29 is 17.6 Å². The van der Waals surface area contributed by atoms with Crippen LogP contribution in [0.4, 0.5) is 5.88 Å². The first-order chi connectivity index (χ1) is 17.2. The summed E-state index contributed by atoms with van der Waals surface area (Å²) in [6.07, 6.45) is 3.37. The molecule has 2 aromatic carbocycles. The van der Waals surface area contributed by atoms with E-state index < -0.39 is 9.84 Å². The minimum atomic E-state index is -3.92. The Morgan fingerprint density at radius 2 is 1.64 bits per heavy atom. The number of carbonyl (C=O) groups excluding carboxylic acids is 1. The van der Waals surface area contributed by atoms with Crippen molar-refractivity contribution >= 4 is 56.0 Å². The summed E-state index contributed by atoms with van der Waals surface area (Å²) >= 11 is 6.62. The van der Waals surface area contributed by atoms with E-state index in [1.165, 1.54) is 11.0 Å². The van der Waals surface area contributed by atoms with Crippen molar-refractivity contribution in [3.63, 3.8) is 0 Å². The second kappa shape index (κ2) is 9.84. The average molecular weight is 540 g/mol. The second-order valence-electron chi connectivity index (χ2n) is 8.93. The SMILES string of the molecule is Cc1ccc(CN2C(=O)C(=Cc3nc(S(=O)(=O)c4ccc(C)cc4)c(N4CCCC4)o3)SC2=S)cc1. The van der Waals surface area contributed by atoms with Gasteiger partial charge in [-0.25, -0.2) is 8.42 Å². The molecule has 2 fully saturated rings. The van der Waals surface area contributed by atoms with Crippen molar-refractivity contribution in [3.8, 4) is 0 Å². The first-order valence-electron chi connectivity index (χ1n) is 11.6. The van der Waals surface area contributed by atoms with Crippen LogP contribution in [0, 0.1) is 13.8 Å². The molecule has 10 heteroatoms. The quantitative estimate of drug-likeness (QED) is 0.315. The third kappa shape index (κ3) is 4.85. The maximum absolute atomic E-state index is 13.5. The van der Waals surface area contributed by atoms with Gasteiger partial charge in [0.2, 0.25) is 26.6 Å². The number of anilines is 1. The van der Waals surface area contributed by atoms with Crippen LogP contribution in [0.3, 0.4) is 0 Å². The molecule has 0 unspecified atom stereocenters. The number of rotatable bonds is 6. The Hall–Kier alpha value is -2.95. The Kier molecular flexibility index (Phi) is 6.76. The van der Waals surface area contributed by atoms with Crippen molar-refractivity contribution in [2.75, 3.05) is 18.0 Å². The van der Waals surface area contributed by atoms with Crippen LogP contribution in [0.15, 0.2) is 67.8 Å². The van der Waals surface area contributed by atoms with Crippen molar-refractivity contribution in [1.82, 2.24) is 9.88 Å². The molecule has 7 nitrogen and oxygen atoms in total. The van der Waals surface area contributed by atoms with E-state index in [0.29, 0.717) is 28.9 Å². The summed E-state index contributed by atoms with van der Waals surface area (Å²) in [6.45, 7) is 5.63. The zero-order valence-corrected chi connectivity index (χ0v) is 22.4. The Labute approximate surface area is 220 Å². The highest BCUT2D eigenvalue weighted by atomic mass is 32.2. The van der Waals surface area contributed by atoms with Crippen molar-refractivity contribution in [3.05, 3.63) is 76.0 Å². The summed E-state index contributed by atoms with van der Waals surface area (Å²) < 4.78 is 33.4. The van der Waals surface area contributed by atoms with Gasteiger partial charge >= 0.3 is 0 Å². The Morgan fingerprint density at radius 1 is 1.03 bits per heavy atom. The van der Waals surface area contributed by atoms with Crippen LogP contribution in [0.5, 0.6) is 0 Å². The monoisotopic (exact) mass is 539 g/mol. The van der Waals surface area contributed by atoms with E-state index in [1.54, 1.807) is 24.3 Å². The van der Waals surface area contributed by atoms with Crippen LogP contribution in [0.1, 0.15) is 35.4 Å². The molecule has 0 radical (unpaired) electrons. The van der Waals surface area contributed by atoms with Crippen LogP contribution in [0.25, 0.3) is 6.08 Å². The van der Waals surface area contributed by atoms with Gasteiger partial charge in [0.25, 0.3) is 5.91 Å². The van der Waals surface area contributed by atoms with E-state index >= 15 is 0 Å². The number of thiocarbonyl (C=S) groups is 1. The highest BCUT2D eigenvalue weighted by molar-refractivity contribution is 8.26. The van der Waals surface area contributed by atoms with Crippen molar-refractivity contribution in [1.29, 1.82) is 0 Å². The van der Waals surface area contributed by atoms with Crippen LogP contribution in [-0.4, -0.2) is 41.6 Å². The molecule has 5 rings (SSSR count). The molecule has 2 aliphatic rings. The van der Waals surface area contributed by atoms with E-state index in [0.717, 1.165) is 41.3 Å². The molecule has 1 amide bonds. The minimum absolute atomic E-state index is 0.0680. The number of nitrogens with zero attached hydrogens (tertiary/aromatic N) is 3. The fraction of sp³-hybridized carbons (Fsp3) is 0.269. The molecule has 0 spiro atoms. The van der Waals surface area contributed by atoms with E-state index in [-0.39, 0.29) is 27.6 Å². The van der Waals surface area contributed by atoms with Gasteiger partial charge in [-0.3, -0.25) is 9.69 Å². The molecule has 36 heavy (non-hydrogen) atoms. The van der Waals surface area contributed by atoms with Crippen LogP contribution < -0.4 is 4.90 Å². The van der Waals surface area contributed by atoms with E-state index in [9.17, 15) is 13.2 Å². The first-order valence-corrected chi connectivity index (χ1v) is 14.3. The Bertz CT molecular complexity index is 1450. The van der Waals surface area contributed by atoms with Gasteiger partial charge in [-0.2, -0.15) is 4.98 Å². The molecule has 0 N–H and O–H groups in total. The average Bonchev–Trinajstić information content (AvgIpc) is 3.58. The molecule has 3 heterocycles. The summed E-state index contributed by atoms with van der Waals surface area (Å²) in [5.41, 5.74) is 3.07. The number of hydrogen-bond acceptors (Lipinski definition) is 8. The predicted molar refractivity (Wildman–Crippen MR) is 144 cm³/mol. The van der Waals surface area contributed by atoms with Gasteiger partial charge in [0.15, 0.2) is 0 Å². The molecule has 186 valence electrons. The van der Waals surface area contributed by atoms with Crippen LogP contribution in [-0.2, 0) is 21.2 Å². The molecular formula is C26H25N3O4S3. The summed E-state index contributed by atoms with van der Waals surface area (Å²) in [5, 5.41) is -0.130. The summed E-state index contributed by atoms with van der Waals surface area (Å²) in [4.78, 5) is 21.4. The van der Waals surface area contributed by atoms with E-state index in [2.05, 4.69) is 4.98 Å². The Balaban J connectivity index is 1.48. The summed E-state index contributed by atoms with van der Waals surface area (Å²) in [6, 6.07) is 14.6. The van der Waals surface area contributed by atoms with Gasteiger partial charge < -0.3 is 9.32 Å². The lowest BCUT2D eigenvalue weighted by Gasteiger charge is -2.14. The largest absolute Gasteiger partial charge is 0.420 e. The second-order valence-corrected chi connectivity index (χ2v) is 12.5. The number of aromatic nitrogens is 1. The highest BCUT2D eigenvalue weighted by Crippen LogP contribution is 2.37. The number of oxazole rings is 1. The number of benzene rings is 2. The molecule has 0 atom stereocenters. The normalized spacial score (nSPS) is 17.6. The third-order valence-electron chi connectivity index (χ3n) is 6.16. The first kappa shape index (κ1) is 24.7. The fourth-order valence-electron chi connectivity index (χ4n) is 4.12. The van der Waals surface area contributed by atoms with E-state index in [4.69, 9.17) is 16.6 Å². The molecular weight excluding hydrogens is 515 g/mol. The van der Waals surface area contributed by atoms with Gasteiger partial charge in [0.1, 0.15) is 4.32 Å². The summed E-state index contributed by atoms with van der Waals surface area (Å²) in [7, 11) is -3.92. The molecule has 0 aliphatic carbocycles. The van der Waals surface area contributed by atoms with E-state index in [1.807, 2.05) is 43.0 Å². The number of sulfone groups is 1. The maximum atomic E-state index is 13.5. The summed E-state index contributed by atoms with van der Waals surface area (Å²) in [5.74, 6) is 0.0299. The number of carbonyl (C=O) groups is 1. The topological polar surface area (TPSA) is 83.7 Å². The van der Waals surface area contributed by atoms with Gasteiger partial charge in [-0.15, -0.1) is 0 Å². The van der Waals surface area contributed by atoms with Crippen LogP contribution >= 0.6 is 24.0 Å². The molecule has 1 aromatic heterocycles. The third-order valence-corrected chi connectivity index (χ3v) is 9.21. The van der Waals surface area contributed by atoms with Gasteiger partial charge in [0, 0.05) is 19.2 Å². The van der Waals surface area contributed by atoms with Gasteiger partial charge in [-0.05, 0) is 44.4 Å². The molecule has 2 aliphatic heterocycles. The standard InChI is InChI=1S/C26H25N3O4S3/c1-17-5-9-19(10-6-17)16-29-24(30)21(35-26(29)34)15-22-27-23(25(33-22)28-13-3-4-14-28)36(31,32)20-11-7-18(2)8-12-20/h5-12,15H,3-4,13-14,16H2,1-2H3. The predicted octanol–water partition coefficient (Wildman–Crippen LogP) is 5.13. The lowest BCUT2D eigenvalue weighted by molar-refractivity contribution is -0.122.